The molecule has 0 aromatic carbocycles. The molecular weight excluding hydrogens is 240 g/mol. The standard InChI is InChI=1S/C14H22N4O/c1-10-7-16-8-11(10)14(19)17-12-3-2-4-13(12)18-6-5-15-9-18/h5-6,9-13,16H,2-4,7-8H2,1H3,(H,17,19). The van der Waals surface area contributed by atoms with Crippen molar-refractivity contribution in [1.29, 1.82) is 0 Å². The molecule has 0 bridgehead atoms. The highest BCUT2D eigenvalue weighted by Gasteiger charge is 2.34. The highest BCUT2D eigenvalue weighted by molar-refractivity contribution is 5.80. The summed E-state index contributed by atoms with van der Waals surface area (Å²) in [5.74, 6) is 0.784. The molecule has 1 aromatic heterocycles. The third-order valence-electron chi connectivity index (χ3n) is 4.57. The van der Waals surface area contributed by atoms with E-state index in [1.165, 1.54) is 6.42 Å². The molecule has 2 N–H and O–H groups in total. The van der Waals surface area contributed by atoms with Crippen LogP contribution in [0.4, 0.5) is 0 Å². The van der Waals surface area contributed by atoms with Crippen LogP contribution in [0, 0.1) is 11.8 Å². The summed E-state index contributed by atoms with van der Waals surface area (Å²) in [5.41, 5.74) is 0. The fourth-order valence-corrected chi connectivity index (χ4v) is 3.38. The van der Waals surface area contributed by atoms with Crippen LogP contribution in [0.5, 0.6) is 0 Å². The van der Waals surface area contributed by atoms with E-state index in [0.717, 1.165) is 25.9 Å². The van der Waals surface area contributed by atoms with E-state index in [0.29, 0.717) is 12.0 Å². The second kappa shape index (κ2) is 5.33. The lowest BCUT2D eigenvalue weighted by molar-refractivity contribution is -0.126. The van der Waals surface area contributed by atoms with Crippen molar-refractivity contribution in [3.8, 4) is 0 Å². The molecule has 3 rings (SSSR count). The largest absolute Gasteiger partial charge is 0.351 e. The topological polar surface area (TPSA) is 59.0 Å². The molecule has 1 aromatic rings. The number of hydrogen-bond donors (Lipinski definition) is 2. The van der Waals surface area contributed by atoms with Crippen LogP contribution in [0.2, 0.25) is 0 Å². The summed E-state index contributed by atoms with van der Waals surface area (Å²) < 4.78 is 2.13. The van der Waals surface area contributed by atoms with Gasteiger partial charge >= 0.3 is 0 Å². The second-order valence-corrected chi connectivity index (χ2v) is 5.87. The maximum absolute atomic E-state index is 12.4. The average molecular weight is 262 g/mol. The van der Waals surface area contributed by atoms with Crippen LogP contribution in [-0.4, -0.2) is 34.6 Å². The minimum absolute atomic E-state index is 0.129. The summed E-state index contributed by atoms with van der Waals surface area (Å²) in [5, 5.41) is 6.55. The number of amides is 1. The highest BCUT2D eigenvalue weighted by atomic mass is 16.2. The first-order valence-electron chi connectivity index (χ1n) is 7.24. The van der Waals surface area contributed by atoms with E-state index in [1.54, 1.807) is 6.20 Å². The molecule has 2 aliphatic rings. The molecule has 0 radical (unpaired) electrons. The number of imidazole rings is 1. The SMILES string of the molecule is CC1CNCC1C(=O)NC1CCCC1n1ccnc1. The summed E-state index contributed by atoms with van der Waals surface area (Å²) in [7, 11) is 0. The third-order valence-corrected chi connectivity index (χ3v) is 4.57. The summed E-state index contributed by atoms with van der Waals surface area (Å²) in [6.07, 6.45) is 9.03. The van der Waals surface area contributed by atoms with Crippen LogP contribution in [0.1, 0.15) is 32.2 Å². The summed E-state index contributed by atoms with van der Waals surface area (Å²) >= 11 is 0. The van der Waals surface area contributed by atoms with Crippen molar-refractivity contribution in [3.05, 3.63) is 18.7 Å². The Hall–Kier alpha value is -1.36. The van der Waals surface area contributed by atoms with Crippen LogP contribution >= 0.6 is 0 Å². The minimum atomic E-state index is 0.129. The molecule has 1 aliphatic carbocycles. The van der Waals surface area contributed by atoms with Gasteiger partial charge in [-0.2, -0.15) is 0 Å². The molecule has 19 heavy (non-hydrogen) atoms. The molecule has 1 saturated heterocycles. The van der Waals surface area contributed by atoms with Gasteiger partial charge in [0.2, 0.25) is 5.91 Å². The summed E-state index contributed by atoms with van der Waals surface area (Å²) in [6, 6.07) is 0.630. The van der Waals surface area contributed by atoms with Gasteiger partial charge in [0.25, 0.3) is 0 Å². The lowest BCUT2D eigenvalue weighted by Crippen LogP contribution is -2.43. The number of carbonyl (C=O) groups is 1. The zero-order chi connectivity index (χ0) is 13.2. The van der Waals surface area contributed by atoms with E-state index >= 15 is 0 Å². The van der Waals surface area contributed by atoms with Gasteiger partial charge in [0.1, 0.15) is 0 Å². The average Bonchev–Trinajstić information content (AvgIpc) is 3.07. The molecule has 4 atom stereocenters. The van der Waals surface area contributed by atoms with Crippen molar-refractivity contribution in [2.75, 3.05) is 13.1 Å². The number of nitrogens with one attached hydrogen (secondary N) is 2. The van der Waals surface area contributed by atoms with Crippen LogP contribution in [-0.2, 0) is 4.79 Å². The first kappa shape index (κ1) is 12.7. The van der Waals surface area contributed by atoms with Crippen LogP contribution < -0.4 is 10.6 Å². The highest BCUT2D eigenvalue weighted by Crippen LogP contribution is 2.30. The van der Waals surface area contributed by atoms with E-state index in [1.807, 2.05) is 12.5 Å². The zero-order valence-corrected chi connectivity index (χ0v) is 11.4. The Labute approximate surface area is 113 Å². The van der Waals surface area contributed by atoms with Gasteiger partial charge in [0, 0.05) is 25.0 Å². The van der Waals surface area contributed by atoms with Gasteiger partial charge in [-0.15, -0.1) is 0 Å². The molecule has 1 saturated carbocycles. The predicted octanol–water partition coefficient (Wildman–Crippen LogP) is 0.948. The molecule has 1 aliphatic heterocycles. The molecule has 104 valence electrons. The van der Waals surface area contributed by atoms with E-state index in [2.05, 4.69) is 27.1 Å². The van der Waals surface area contributed by atoms with Crippen LogP contribution in [0.25, 0.3) is 0 Å². The maximum atomic E-state index is 12.4. The Morgan fingerprint density at radius 2 is 2.32 bits per heavy atom. The number of hydrogen-bond acceptors (Lipinski definition) is 3. The van der Waals surface area contributed by atoms with Gasteiger partial charge in [-0.3, -0.25) is 4.79 Å². The van der Waals surface area contributed by atoms with Crippen LogP contribution in [0.15, 0.2) is 18.7 Å². The molecular formula is C14H22N4O. The lowest BCUT2D eigenvalue weighted by atomic mass is 9.96. The van der Waals surface area contributed by atoms with Crippen molar-refractivity contribution < 1.29 is 4.79 Å². The minimum Gasteiger partial charge on any atom is -0.351 e. The normalized spacial score (nSPS) is 34.6. The van der Waals surface area contributed by atoms with Crippen molar-refractivity contribution >= 4 is 5.91 Å². The van der Waals surface area contributed by atoms with Gasteiger partial charge in [0.15, 0.2) is 0 Å². The van der Waals surface area contributed by atoms with E-state index < -0.39 is 0 Å². The molecule has 4 unspecified atom stereocenters. The van der Waals surface area contributed by atoms with Gasteiger partial charge in [-0.1, -0.05) is 6.92 Å². The Morgan fingerprint density at radius 3 is 3.00 bits per heavy atom. The summed E-state index contributed by atoms with van der Waals surface area (Å²) in [6.45, 7) is 3.91. The quantitative estimate of drug-likeness (QED) is 0.852. The smallest absolute Gasteiger partial charge is 0.225 e. The summed E-state index contributed by atoms with van der Waals surface area (Å²) in [4.78, 5) is 16.5. The van der Waals surface area contributed by atoms with Crippen molar-refractivity contribution in [3.63, 3.8) is 0 Å². The number of rotatable bonds is 3. The van der Waals surface area contributed by atoms with Crippen LogP contribution in [0.3, 0.4) is 0 Å². The van der Waals surface area contributed by atoms with Crippen molar-refractivity contribution in [2.45, 2.75) is 38.3 Å². The molecule has 1 amide bonds. The predicted molar refractivity (Wildman–Crippen MR) is 72.6 cm³/mol. The van der Waals surface area contributed by atoms with Gasteiger partial charge in [0.05, 0.1) is 18.3 Å². The third kappa shape index (κ3) is 2.52. The van der Waals surface area contributed by atoms with Crippen molar-refractivity contribution in [1.82, 2.24) is 20.2 Å². The Morgan fingerprint density at radius 1 is 1.42 bits per heavy atom. The fraction of sp³-hybridized carbons (Fsp3) is 0.714. The number of aromatic nitrogens is 2. The maximum Gasteiger partial charge on any atom is 0.225 e. The molecule has 5 nitrogen and oxygen atoms in total. The zero-order valence-electron chi connectivity index (χ0n) is 11.4. The Balaban J connectivity index is 1.64. The van der Waals surface area contributed by atoms with Gasteiger partial charge < -0.3 is 15.2 Å². The number of carbonyl (C=O) groups excluding carboxylic acids is 1. The lowest BCUT2D eigenvalue weighted by Gasteiger charge is -2.24. The van der Waals surface area contributed by atoms with Gasteiger partial charge in [-0.25, -0.2) is 4.98 Å². The Bertz CT molecular complexity index is 431. The second-order valence-electron chi connectivity index (χ2n) is 5.87. The van der Waals surface area contributed by atoms with E-state index in [9.17, 15) is 4.79 Å². The van der Waals surface area contributed by atoms with E-state index in [4.69, 9.17) is 0 Å². The first-order valence-corrected chi connectivity index (χ1v) is 7.24. The van der Waals surface area contributed by atoms with Gasteiger partial charge in [-0.05, 0) is 31.7 Å². The molecule has 5 heteroatoms. The monoisotopic (exact) mass is 262 g/mol. The molecule has 0 spiro atoms. The number of nitrogens with zero attached hydrogens (tertiary/aromatic N) is 2. The molecule has 2 fully saturated rings. The fourth-order valence-electron chi connectivity index (χ4n) is 3.38. The first-order chi connectivity index (χ1) is 9.25. The van der Waals surface area contributed by atoms with Crippen molar-refractivity contribution in [2.24, 2.45) is 11.8 Å². The molecule has 2 heterocycles. The van der Waals surface area contributed by atoms with E-state index in [-0.39, 0.29) is 17.9 Å². The Kier molecular flexibility index (Phi) is 3.55.